The average molecular weight is 566 g/mol. The van der Waals surface area contributed by atoms with Crippen LogP contribution >= 0.6 is 27.5 Å². The lowest BCUT2D eigenvalue weighted by Gasteiger charge is -2.09. The number of unbranched alkanes of at least 4 members (excludes halogenated alkanes) is 8. The van der Waals surface area contributed by atoms with Crippen LogP contribution in [0.2, 0.25) is 5.02 Å². The number of esters is 1. The van der Waals surface area contributed by atoms with Crippen LogP contribution in [-0.4, -0.2) is 24.4 Å². The zero-order valence-electron chi connectivity index (χ0n) is 20.2. The van der Waals surface area contributed by atoms with Gasteiger partial charge in [-0.25, -0.2) is 4.79 Å². The molecule has 2 aromatic carbocycles. The summed E-state index contributed by atoms with van der Waals surface area (Å²) in [6.45, 7) is 1.76. The molecule has 2 amide bonds. The minimum absolute atomic E-state index is 0.0794. The Balaban J connectivity index is 1.69. The van der Waals surface area contributed by atoms with Crippen LogP contribution in [0.5, 0.6) is 0 Å². The van der Waals surface area contributed by atoms with Gasteiger partial charge in [-0.15, -0.1) is 0 Å². The van der Waals surface area contributed by atoms with Crippen LogP contribution in [-0.2, 0) is 14.3 Å². The van der Waals surface area contributed by atoms with Crippen molar-refractivity contribution in [3.8, 4) is 0 Å². The standard InChI is InChI=1S/C27H34BrClN2O4/c1-2-3-4-5-6-7-8-9-10-14-25(32)30-22-13-11-12-20(17-22)27(34)35-19-26(33)31-24-16-15-21(28)18-23(24)29/h11-13,15-18H,2-10,14,19H2,1H3,(H,30,32)(H,31,33). The van der Waals surface area contributed by atoms with Gasteiger partial charge in [0.15, 0.2) is 6.61 Å². The van der Waals surface area contributed by atoms with Crippen molar-refractivity contribution in [3.63, 3.8) is 0 Å². The SMILES string of the molecule is CCCCCCCCCCCC(=O)Nc1cccc(C(=O)OCC(=O)Nc2ccc(Br)cc2Cl)c1. The van der Waals surface area contributed by atoms with Crippen LogP contribution in [0.1, 0.15) is 81.5 Å². The lowest BCUT2D eigenvalue weighted by Crippen LogP contribution is -2.21. The van der Waals surface area contributed by atoms with Crippen LogP contribution < -0.4 is 10.6 Å². The maximum absolute atomic E-state index is 12.4. The molecule has 0 atom stereocenters. The first kappa shape index (κ1) is 28.9. The van der Waals surface area contributed by atoms with E-state index >= 15 is 0 Å². The number of carbonyl (C=O) groups is 3. The molecular weight excluding hydrogens is 532 g/mol. The maximum Gasteiger partial charge on any atom is 0.338 e. The van der Waals surface area contributed by atoms with Gasteiger partial charge in [0.1, 0.15) is 0 Å². The van der Waals surface area contributed by atoms with Crippen LogP contribution in [0.4, 0.5) is 11.4 Å². The first-order chi connectivity index (χ1) is 16.9. The minimum Gasteiger partial charge on any atom is -0.452 e. The molecule has 0 aliphatic heterocycles. The van der Waals surface area contributed by atoms with E-state index < -0.39 is 18.5 Å². The molecular formula is C27H34BrClN2O4. The molecule has 8 heteroatoms. The van der Waals surface area contributed by atoms with Gasteiger partial charge >= 0.3 is 5.97 Å². The van der Waals surface area contributed by atoms with Crippen molar-refractivity contribution in [3.05, 3.63) is 57.5 Å². The second-order valence-electron chi connectivity index (χ2n) is 8.46. The fourth-order valence-corrected chi connectivity index (χ4v) is 4.26. The predicted octanol–water partition coefficient (Wildman–Crippen LogP) is 7.76. The summed E-state index contributed by atoms with van der Waals surface area (Å²) in [6, 6.07) is 11.5. The Morgan fingerprint density at radius 3 is 2.23 bits per heavy atom. The highest BCUT2D eigenvalue weighted by atomic mass is 79.9. The van der Waals surface area contributed by atoms with Gasteiger partial charge in [-0.2, -0.15) is 0 Å². The summed E-state index contributed by atoms with van der Waals surface area (Å²) in [4.78, 5) is 36.7. The summed E-state index contributed by atoms with van der Waals surface area (Å²) in [5.74, 6) is -1.24. The van der Waals surface area contributed by atoms with E-state index in [1.807, 2.05) is 0 Å². The van der Waals surface area contributed by atoms with Gasteiger partial charge in [0.2, 0.25) is 5.91 Å². The summed E-state index contributed by atoms with van der Waals surface area (Å²) in [6.07, 6.45) is 11.2. The number of benzene rings is 2. The molecule has 0 aliphatic rings. The smallest absolute Gasteiger partial charge is 0.338 e. The Kier molecular flexibility index (Phi) is 13.5. The third-order valence-electron chi connectivity index (χ3n) is 5.43. The molecule has 0 fully saturated rings. The summed E-state index contributed by atoms with van der Waals surface area (Å²) in [5, 5.41) is 5.79. The summed E-state index contributed by atoms with van der Waals surface area (Å²) in [7, 11) is 0. The molecule has 0 saturated heterocycles. The minimum atomic E-state index is -0.655. The van der Waals surface area contributed by atoms with Crippen molar-refractivity contribution >= 4 is 56.7 Å². The number of hydrogen-bond acceptors (Lipinski definition) is 4. The van der Waals surface area contributed by atoms with Crippen molar-refractivity contribution in [2.24, 2.45) is 0 Å². The molecule has 0 spiro atoms. The van der Waals surface area contributed by atoms with Gasteiger partial charge in [-0.3, -0.25) is 9.59 Å². The number of hydrogen-bond donors (Lipinski definition) is 2. The van der Waals surface area contributed by atoms with E-state index in [9.17, 15) is 14.4 Å². The Hall–Kier alpha value is -2.38. The first-order valence-electron chi connectivity index (χ1n) is 12.2. The van der Waals surface area contributed by atoms with Gasteiger partial charge in [0.25, 0.3) is 5.91 Å². The molecule has 35 heavy (non-hydrogen) atoms. The highest BCUT2D eigenvalue weighted by molar-refractivity contribution is 9.10. The van der Waals surface area contributed by atoms with Crippen molar-refractivity contribution in [2.45, 2.75) is 71.1 Å². The molecule has 2 rings (SSSR count). The van der Waals surface area contributed by atoms with Crippen molar-refractivity contribution in [2.75, 3.05) is 17.2 Å². The van der Waals surface area contributed by atoms with Crippen LogP contribution in [0.15, 0.2) is 46.9 Å². The van der Waals surface area contributed by atoms with Gasteiger partial charge in [0, 0.05) is 16.6 Å². The number of ether oxygens (including phenoxy) is 1. The number of nitrogens with one attached hydrogen (secondary N) is 2. The summed E-state index contributed by atoms with van der Waals surface area (Å²) < 4.78 is 5.89. The zero-order valence-corrected chi connectivity index (χ0v) is 22.6. The Labute approximate surface area is 221 Å². The fourth-order valence-electron chi connectivity index (χ4n) is 3.54. The second kappa shape index (κ2) is 16.3. The van der Waals surface area contributed by atoms with E-state index in [-0.39, 0.29) is 11.5 Å². The molecule has 190 valence electrons. The summed E-state index contributed by atoms with van der Waals surface area (Å²) in [5.41, 5.74) is 1.19. The lowest BCUT2D eigenvalue weighted by atomic mass is 10.1. The van der Waals surface area contributed by atoms with Gasteiger partial charge in [-0.05, 0) is 42.8 Å². The quantitative estimate of drug-likeness (QED) is 0.171. The van der Waals surface area contributed by atoms with Gasteiger partial charge in [0.05, 0.1) is 16.3 Å². The first-order valence-corrected chi connectivity index (χ1v) is 13.4. The Bertz CT molecular complexity index is 983. The molecule has 0 aliphatic carbocycles. The molecule has 0 unspecified atom stereocenters. The molecule has 0 radical (unpaired) electrons. The normalized spacial score (nSPS) is 10.6. The van der Waals surface area contributed by atoms with E-state index in [4.69, 9.17) is 16.3 Å². The van der Waals surface area contributed by atoms with Crippen molar-refractivity contribution in [1.29, 1.82) is 0 Å². The highest BCUT2D eigenvalue weighted by Crippen LogP contribution is 2.25. The average Bonchev–Trinajstić information content (AvgIpc) is 2.83. The van der Waals surface area contributed by atoms with E-state index in [2.05, 4.69) is 33.5 Å². The Morgan fingerprint density at radius 2 is 1.54 bits per heavy atom. The monoisotopic (exact) mass is 564 g/mol. The maximum atomic E-state index is 12.4. The number of rotatable bonds is 15. The van der Waals surface area contributed by atoms with E-state index in [0.29, 0.717) is 22.8 Å². The lowest BCUT2D eigenvalue weighted by molar-refractivity contribution is -0.119. The number of anilines is 2. The third-order valence-corrected chi connectivity index (χ3v) is 6.23. The number of amides is 2. The van der Waals surface area contributed by atoms with E-state index in [1.165, 1.54) is 38.5 Å². The number of halogens is 2. The molecule has 0 aromatic heterocycles. The highest BCUT2D eigenvalue weighted by Gasteiger charge is 2.13. The fraction of sp³-hybridized carbons (Fsp3) is 0.444. The van der Waals surface area contributed by atoms with Crippen molar-refractivity contribution < 1.29 is 19.1 Å². The molecule has 2 aromatic rings. The molecule has 0 heterocycles. The number of carbonyl (C=O) groups excluding carboxylic acids is 3. The van der Waals surface area contributed by atoms with Crippen LogP contribution in [0.25, 0.3) is 0 Å². The third kappa shape index (κ3) is 11.7. The largest absolute Gasteiger partial charge is 0.452 e. The second-order valence-corrected chi connectivity index (χ2v) is 9.78. The van der Waals surface area contributed by atoms with Crippen LogP contribution in [0.3, 0.4) is 0 Å². The topological polar surface area (TPSA) is 84.5 Å². The van der Waals surface area contributed by atoms with Gasteiger partial charge in [-0.1, -0.05) is 91.9 Å². The molecule has 6 nitrogen and oxygen atoms in total. The van der Waals surface area contributed by atoms with Crippen LogP contribution in [0, 0.1) is 0 Å². The predicted molar refractivity (Wildman–Crippen MR) is 145 cm³/mol. The molecule has 0 bridgehead atoms. The summed E-state index contributed by atoms with van der Waals surface area (Å²) >= 11 is 9.38. The molecule has 0 saturated carbocycles. The van der Waals surface area contributed by atoms with Crippen molar-refractivity contribution in [1.82, 2.24) is 0 Å². The van der Waals surface area contributed by atoms with E-state index in [0.717, 1.165) is 23.7 Å². The van der Waals surface area contributed by atoms with Gasteiger partial charge < -0.3 is 15.4 Å². The zero-order chi connectivity index (χ0) is 25.5. The van der Waals surface area contributed by atoms with E-state index in [1.54, 1.807) is 42.5 Å². The Morgan fingerprint density at radius 1 is 0.857 bits per heavy atom. The molecule has 2 N–H and O–H groups in total.